The first kappa shape index (κ1) is 33.2. The van der Waals surface area contributed by atoms with Crippen molar-refractivity contribution in [2.75, 3.05) is 0 Å². The summed E-state index contributed by atoms with van der Waals surface area (Å²) in [5.41, 5.74) is 16.3. The molecule has 1 saturated carbocycles. The largest absolute Gasteiger partial charge is 0.309 e. The van der Waals surface area contributed by atoms with Crippen molar-refractivity contribution in [3.05, 3.63) is 187 Å². The summed E-state index contributed by atoms with van der Waals surface area (Å²) in [6.45, 7) is 7.16. The van der Waals surface area contributed by atoms with Gasteiger partial charge in [0.1, 0.15) is 0 Å². The lowest BCUT2D eigenvalue weighted by molar-refractivity contribution is 0.188. The lowest BCUT2D eigenvalue weighted by Crippen LogP contribution is -2.44. The molecule has 0 radical (unpaired) electrons. The van der Waals surface area contributed by atoms with E-state index in [9.17, 15) is 0 Å². The predicted octanol–water partition coefficient (Wildman–Crippen LogP) is 15.1. The molecule has 11 rings (SSSR count). The predicted molar refractivity (Wildman–Crippen MR) is 239 cm³/mol. The standard InChI is InChI=1S/C55H45N/c1-4-36-32-35(3)55(39(5-2)33-36)49-23-13-10-16-41(49)48-34-38(28-31-50(48)55)54-46-21-8-6-19-44(46)53(45-20-7-9-22-47(45)54)37-26-29-40(30-27-37)56-51-24-14-11-17-42(51)43-18-12-15-25-52(43)56/h4,6-31,34-35,39H,5,32-33H2,1-3H3. The summed E-state index contributed by atoms with van der Waals surface area (Å²) >= 11 is 0. The number of aromatic nitrogens is 1. The van der Waals surface area contributed by atoms with E-state index in [1.54, 1.807) is 5.57 Å². The van der Waals surface area contributed by atoms with Gasteiger partial charge in [-0.15, -0.1) is 0 Å². The fourth-order valence-electron chi connectivity index (χ4n) is 11.4. The van der Waals surface area contributed by atoms with E-state index in [0.717, 1.165) is 0 Å². The average molecular weight is 720 g/mol. The molecular weight excluding hydrogens is 675 g/mol. The van der Waals surface area contributed by atoms with E-state index < -0.39 is 0 Å². The molecule has 270 valence electrons. The van der Waals surface area contributed by atoms with Crippen molar-refractivity contribution in [1.29, 1.82) is 0 Å². The SMILES string of the molecule is CC=C1CC(C)C2(c3ccccc3-c3cc(-c4c5ccccc5c(-c5ccc(-n6c7ccccc7c7ccccc76)cc5)c5ccccc45)ccc32)C(CC)C1. The van der Waals surface area contributed by atoms with Gasteiger partial charge in [0.05, 0.1) is 11.0 Å². The van der Waals surface area contributed by atoms with Crippen molar-refractivity contribution >= 4 is 43.4 Å². The number of hydrogen-bond donors (Lipinski definition) is 0. The van der Waals surface area contributed by atoms with Crippen LogP contribution >= 0.6 is 0 Å². The van der Waals surface area contributed by atoms with Crippen molar-refractivity contribution in [3.63, 3.8) is 0 Å². The quantitative estimate of drug-likeness (QED) is 0.126. The van der Waals surface area contributed by atoms with E-state index in [4.69, 9.17) is 0 Å². The van der Waals surface area contributed by atoms with Gasteiger partial charge in [0.2, 0.25) is 0 Å². The lowest BCUT2D eigenvalue weighted by atomic mass is 9.54. The maximum Gasteiger partial charge on any atom is 0.0541 e. The Balaban J connectivity index is 1.10. The normalized spacial score (nSPS) is 19.7. The van der Waals surface area contributed by atoms with Crippen LogP contribution in [-0.4, -0.2) is 4.57 Å². The van der Waals surface area contributed by atoms with E-state index >= 15 is 0 Å². The fourth-order valence-corrected chi connectivity index (χ4v) is 11.4. The molecule has 1 nitrogen and oxygen atoms in total. The van der Waals surface area contributed by atoms with Crippen LogP contribution in [0.1, 0.15) is 51.2 Å². The second-order valence-corrected chi connectivity index (χ2v) is 16.3. The van der Waals surface area contributed by atoms with E-state index in [0.29, 0.717) is 11.8 Å². The van der Waals surface area contributed by atoms with Crippen LogP contribution in [0.15, 0.2) is 175 Å². The molecule has 56 heavy (non-hydrogen) atoms. The molecule has 3 unspecified atom stereocenters. The third-order valence-corrected chi connectivity index (χ3v) is 13.7. The maximum absolute atomic E-state index is 2.54. The molecule has 9 aromatic rings. The zero-order valence-corrected chi connectivity index (χ0v) is 32.4. The zero-order chi connectivity index (χ0) is 37.5. The summed E-state index contributed by atoms with van der Waals surface area (Å²) in [6, 6.07) is 61.8. The van der Waals surface area contributed by atoms with Crippen molar-refractivity contribution < 1.29 is 0 Å². The third-order valence-electron chi connectivity index (χ3n) is 13.7. The molecule has 8 aromatic carbocycles. The molecule has 1 heterocycles. The highest BCUT2D eigenvalue weighted by Crippen LogP contribution is 2.62. The highest BCUT2D eigenvalue weighted by Gasteiger charge is 2.53. The molecule has 0 amide bonds. The van der Waals surface area contributed by atoms with Gasteiger partial charge < -0.3 is 4.57 Å². The Morgan fingerprint density at radius 1 is 0.536 bits per heavy atom. The van der Waals surface area contributed by atoms with Crippen LogP contribution in [0.4, 0.5) is 0 Å². The Labute approximate surface area is 329 Å². The van der Waals surface area contributed by atoms with Crippen LogP contribution in [0.5, 0.6) is 0 Å². The first-order valence-electron chi connectivity index (χ1n) is 20.5. The Hall–Kier alpha value is -6.18. The van der Waals surface area contributed by atoms with E-state index in [1.807, 2.05) is 0 Å². The molecule has 2 aliphatic carbocycles. The number of fused-ring (bicyclic) bond motifs is 10. The van der Waals surface area contributed by atoms with E-state index in [2.05, 4.69) is 195 Å². The minimum absolute atomic E-state index is 0.0328. The maximum atomic E-state index is 2.54. The Morgan fingerprint density at radius 2 is 1.04 bits per heavy atom. The number of hydrogen-bond acceptors (Lipinski definition) is 0. The Kier molecular flexibility index (Phi) is 7.52. The van der Waals surface area contributed by atoms with Crippen LogP contribution in [-0.2, 0) is 5.41 Å². The summed E-state index contributed by atoms with van der Waals surface area (Å²) in [4.78, 5) is 0. The highest BCUT2D eigenvalue weighted by atomic mass is 15.0. The van der Waals surface area contributed by atoms with Crippen LogP contribution in [0.2, 0.25) is 0 Å². The van der Waals surface area contributed by atoms with E-state index in [-0.39, 0.29) is 5.41 Å². The first-order valence-corrected chi connectivity index (χ1v) is 20.5. The van der Waals surface area contributed by atoms with Crippen LogP contribution < -0.4 is 0 Å². The van der Waals surface area contributed by atoms with Crippen molar-refractivity contribution in [3.8, 4) is 39.1 Å². The molecule has 1 aromatic heterocycles. The van der Waals surface area contributed by atoms with Crippen molar-refractivity contribution in [1.82, 2.24) is 4.57 Å². The van der Waals surface area contributed by atoms with Gasteiger partial charge in [0.15, 0.2) is 0 Å². The van der Waals surface area contributed by atoms with Gasteiger partial charge in [-0.2, -0.15) is 0 Å². The van der Waals surface area contributed by atoms with Crippen molar-refractivity contribution in [2.24, 2.45) is 11.8 Å². The van der Waals surface area contributed by atoms with Crippen LogP contribution in [0, 0.1) is 11.8 Å². The fraction of sp³-hybridized carbons (Fsp3) is 0.164. The monoisotopic (exact) mass is 719 g/mol. The molecule has 0 N–H and O–H groups in total. The second kappa shape index (κ2) is 12.7. The molecular formula is C55H45N. The molecule has 0 aliphatic heterocycles. The van der Waals surface area contributed by atoms with Gasteiger partial charge in [-0.3, -0.25) is 0 Å². The van der Waals surface area contributed by atoms with Gasteiger partial charge >= 0.3 is 0 Å². The van der Waals surface area contributed by atoms with Gasteiger partial charge in [-0.1, -0.05) is 165 Å². The summed E-state index contributed by atoms with van der Waals surface area (Å²) in [7, 11) is 0. The van der Waals surface area contributed by atoms with Gasteiger partial charge in [-0.25, -0.2) is 0 Å². The van der Waals surface area contributed by atoms with Crippen molar-refractivity contribution in [2.45, 2.75) is 45.4 Å². The molecule has 1 heteroatoms. The van der Waals surface area contributed by atoms with Gasteiger partial charge in [-0.05, 0) is 128 Å². The average Bonchev–Trinajstić information content (AvgIpc) is 3.74. The Morgan fingerprint density at radius 3 is 1.62 bits per heavy atom. The number of nitrogens with zero attached hydrogens (tertiary/aromatic N) is 1. The molecule has 3 atom stereocenters. The summed E-state index contributed by atoms with van der Waals surface area (Å²) in [5, 5.41) is 7.73. The number of allylic oxidation sites excluding steroid dienone is 2. The minimum atomic E-state index is 0.0328. The number of para-hydroxylation sites is 2. The minimum Gasteiger partial charge on any atom is -0.309 e. The summed E-state index contributed by atoms with van der Waals surface area (Å²) in [6.07, 6.45) is 5.91. The zero-order valence-electron chi connectivity index (χ0n) is 32.4. The van der Waals surface area contributed by atoms with E-state index in [1.165, 1.54) is 113 Å². The first-order chi connectivity index (χ1) is 27.6. The molecule has 0 saturated heterocycles. The van der Waals surface area contributed by atoms with Gasteiger partial charge in [0, 0.05) is 21.9 Å². The van der Waals surface area contributed by atoms with Gasteiger partial charge in [0.25, 0.3) is 0 Å². The summed E-state index contributed by atoms with van der Waals surface area (Å²) in [5.74, 6) is 1.11. The van der Waals surface area contributed by atoms with Crippen LogP contribution in [0.25, 0.3) is 82.4 Å². The number of rotatable bonds is 4. The highest BCUT2D eigenvalue weighted by molar-refractivity contribution is 6.21. The Bertz CT molecular complexity index is 2940. The third kappa shape index (κ3) is 4.55. The summed E-state index contributed by atoms with van der Waals surface area (Å²) < 4.78 is 2.40. The van der Waals surface area contributed by atoms with Crippen LogP contribution in [0.3, 0.4) is 0 Å². The smallest absolute Gasteiger partial charge is 0.0541 e. The topological polar surface area (TPSA) is 4.93 Å². The number of benzene rings is 8. The molecule has 1 fully saturated rings. The molecule has 2 aliphatic rings. The molecule has 0 bridgehead atoms. The second-order valence-electron chi connectivity index (χ2n) is 16.3. The molecule has 1 spiro atoms. The lowest BCUT2D eigenvalue weighted by Gasteiger charge is -2.49.